The van der Waals surface area contributed by atoms with Gasteiger partial charge in [-0.2, -0.15) is 0 Å². The summed E-state index contributed by atoms with van der Waals surface area (Å²) in [6.07, 6.45) is 5.19. The summed E-state index contributed by atoms with van der Waals surface area (Å²) in [5.41, 5.74) is 0.716. The molecule has 0 bridgehead atoms. The molecule has 0 radical (unpaired) electrons. The standard InChI is InChI=1S/C20H23N7O2/c1-15-21-6-7-27(15)19-13-18(22-14-23-19)25-8-10-26(11-9-25)20(28)24-16-4-3-5-17(12-16)29-2/h3-7,12-14H,8-11H2,1-2H3,(H,24,28). The zero-order chi connectivity index (χ0) is 20.2. The molecule has 0 atom stereocenters. The first-order chi connectivity index (χ1) is 14.1. The highest BCUT2D eigenvalue weighted by molar-refractivity contribution is 5.89. The van der Waals surface area contributed by atoms with Crippen molar-refractivity contribution in [3.05, 3.63) is 54.9 Å². The first kappa shape index (κ1) is 18.7. The van der Waals surface area contributed by atoms with Gasteiger partial charge in [0.25, 0.3) is 0 Å². The fourth-order valence-electron chi connectivity index (χ4n) is 3.30. The van der Waals surface area contributed by atoms with E-state index in [1.807, 2.05) is 42.0 Å². The number of aromatic nitrogens is 4. The van der Waals surface area contributed by atoms with E-state index in [4.69, 9.17) is 4.74 Å². The number of benzene rings is 1. The van der Waals surface area contributed by atoms with Gasteiger partial charge in [-0.15, -0.1) is 0 Å². The van der Waals surface area contributed by atoms with Gasteiger partial charge in [-0.3, -0.25) is 4.57 Å². The van der Waals surface area contributed by atoms with E-state index in [2.05, 4.69) is 25.2 Å². The number of methoxy groups -OCH3 is 1. The lowest BCUT2D eigenvalue weighted by Gasteiger charge is -2.35. The fourth-order valence-corrected chi connectivity index (χ4v) is 3.30. The molecular formula is C20H23N7O2. The number of nitrogens with zero attached hydrogens (tertiary/aromatic N) is 6. The van der Waals surface area contributed by atoms with Crippen LogP contribution < -0.4 is 15.0 Å². The van der Waals surface area contributed by atoms with Crippen LogP contribution in [-0.2, 0) is 0 Å². The van der Waals surface area contributed by atoms with Crippen LogP contribution in [0.1, 0.15) is 5.82 Å². The molecule has 0 unspecified atom stereocenters. The quantitative estimate of drug-likeness (QED) is 0.732. The summed E-state index contributed by atoms with van der Waals surface area (Å²) in [6, 6.07) is 9.17. The van der Waals surface area contributed by atoms with Crippen molar-refractivity contribution in [1.82, 2.24) is 24.4 Å². The lowest BCUT2D eigenvalue weighted by Crippen LogP contribution is -2.50. The molecular weight excluding hydrogens is 370 g/mol. The predicted molar refractivity (Wildman–Crippen MR) is 110 cm³/mol. The smallest absolute Gasteiger partial charge is 0.321 e. The number of aryl methyl sites for hydroxylation is 1. The van der Waals surface area contributed by atoms with Gasteiger partial charge in [0, 0.05) is 56.4 Å². The van der Waals surface area contributed by atoms with E-state index in [1.165, 1.54) is 0 Å². The normalized spacial score (nSPS) is 14.0. The summed E-state index contributed by atoms with van der Waals surface area (Å²) < 4.78 is 7.12. The maximum Gasteiger partial charge on any atom is 0.321 e. The Bertz CT molecular complexity index is 996. The lowest BCUT2D eigenvalue weighted by molar-refractivity contribution is 0.208. The Morgan fingerprint density at radius 3 is 2.59 bits per heavy atom. The van der Waals surface area contributed by atoms with Crippen LogP contribution in [0, 0.1) is 6.92 Å². The molecule has 2 aromatic heterocycles. The first-order valence-corrected chi connectivity index (χ1v) is 9.41. The van der Waals surface area contributed by atoms with E-state index in [0.29, 0.717) is 37.6 Å². The second-order valence-corrected chi connectivity index (χ2v) is 6.72. The zero-order valence-corrected chi connectivity index (χ0v) is 16.4. The van der Waals surface area contributed by atoms with Gasteiger partial charge in [0.15, 0.2) is 0 Å². The minimum Gasteiger partial charge on any atom is -0.497 e. The molecule has 29 heavy (non-hydrogen) atoms. The van der Waals surface area contributed by atoms with Gasteiger partial charge in [-0.05, 0) is 19.1 Å². The highest BCUT2D eigenvalue weighted by Gasteiger charge is 2.22. The average molecular weight is 393 g/mol. The molecule has 0 aliphatic carbocycles. The lowest BCUT2D eigenvalue weighted by atomic mass is 10.3. The van der Waals surface area contributed by atoms with Crippen LogP contribution in [0.4, 0.5) is 16.3 Å². The highest BCUT2D eigenvalue weighted by atomic mass is 16.5. The van der Waals surface area contributed by atoms with Crippen LogP contribution >= 0.6 is 0 Å². The number of anilines is 2. The van der Waals surface area contributed by atoms with E-state index < -0.39 is 0 Å². The van der Waals surface area contributed by atoms with Gasteiger partial charge < -0.3 is 19.9 Å². The van der Waals surface area contributed by atoms with E-state index in [9.17, 15) is 4.79 Å². The number of rotatable bonds is 4. The summed E-state index contributed by atoms with van der Waals surface area (Å²) >= 11 is 0. The van der Waals surface area contributed by atoms with Crippen LogP contribution in [0.3, 0.4) is 0 Å². The Morgan fingerprint density at radius 1 is 1.07 bits per heavy atom. The summed E-state index contributed by atoms with van der Waals surface area (Å²) in [6.45, 7) is 4.55. The van der Waals surface area contributed by atoms with Crippen LogP contribution in [0.2, 0.25) is 0 Å². The third-order valence-electron chi connectivity index (χ3n) is 4.92. The molecule has 3 heterocycles. The predicted octanol–water partition coefficient (Wildman–Crippen LogP) is 2.33. The largest absolute Gasteiger partial charge is 0.497 e. The molecule has 1 saturated heterocycles. The second-order valence-electron chi connectivity index (χ2n) is 6.72. The molecule has 1 fully saturated rings. The Labute approximate surface area is 169 Å². The number of imidazole rings is 1. The van der Waals surface area contributed by atoms with Gasteiger partial charge in [0.05, 0.1) is 7.11 Å². The summed E-state index contributed by atoms with van der Waals surface area (Å²) in [4.78, 5) is 29.5. The minimum absolute atomic E-state index is 0.115. The third-order valence-corrected chi connectivity index (χ3v) is 4.92. The Balaban J connectivity index is 1.38. The maximum absolute atomic E-state index is 12.6. The molecule has 1 aliphatic heterocycles. The van der Waals surface area contributed by atoms with Crippen molar-refractivity contribution in [3.63, 3.8) is 0 Å². The number of hydrogen-bond acceptors (Lipinski definition) is 6. The molecule has 150 valence electrons. The van der Waals surface area contributed by atoms with Crippen molar-refractivity contribution in [2.75, 3.05) is 43.5 Å². The van der Waals surface area contributed by atoms with Crippen LogP contribution in [0.15, 0.2) is 49.1 Å². The number of carbonyl (C=O) groups is 1. The maximum atomic E-state index is 12.6. The monoisotopic (exact) mass is 393 g/mol. The molecule has 9 heteroatoms. The molecule has 1 N–H and O–H groups in total. The summed E-state index contributed by atoms with van der Waals surface area (Å²) in [5.74, 6) is 3.20. The van der Waals surface area contributed by atoms with E-state index in [0.717, 1.165) is 17.5 Å². The van der Waals surface area contributed by atoms with Crippen molar-refractivity contribution in [2.24, 2.45) is 0 Å². The third kappa shape index (κ3) is 4.13. The van der Waals surface area contributed by atoms with Crippen LogP contribution in [0.25, 0.3) is 5.82 Å². The Morgan fingerprint density at radius 2 is 1.86 bits per heavy atom. The number of carbonyl (C=O) groups excluding carboxylic acids is 1. The van der Waals surface area contributed by atoms with Crippen molar-refractivity contribution < 1.29 is 9.53 Å². The van der Waals surface area contributed by atoms with Crippen molar-refractivity contribution >= 4 is 17.5 Å². The number of nitrogens with one attached hydrogen (secondary N) is 1. The molecule has 3 aromatic rings. The molecule has 0 saturated carbocycles. The molecule has 4 rings (SSSR count). The minimum atomic E-state index is -0.115. The van der Waals surface area contributed by atoms with Gasteiger partial charge in [0.1, 0.15) is 29.5 Å². The van der Waals surface area contributed by atoms with Crippen molar-refractivity contribution in [1.29, 1.82) is 0 Å². The van der Waals surface area contributed by atoms with E-state index in [-0.39, 0.29) is 6.03 Å². The fraction of sp³-hybridized carbons (Fsp3) is 0.300. The van der Waals surface area contributed by atoms with Crippen molar-refractivity contribution in [2.45, 2.75) is 6.92 Å². The van der Waals surface area contributed by atoms with Crippen molar-refractivity contribution in [3.8, 4) is 11.6 Å². The SMILES string of the molecule is COc1cccc(NC(=O)N2CCN(c3cc(-n4ccnc4C)ncn3)CC2)c1. The number of ether oxygens (including phenoxy) is 1. The number of amides is 2. The Kier molecular flexibility index (Phi) is 5.28. The van der Waals surface area contributed by atoms with E-state index >= 15 is 0 Å². The van der Waals surface area contributed by atoms with Gasteiger partial charge in [0.2, 0.25) is 0 Å². The highest BCUT2D eigenvalue weighted by Crippen LogP contribution is 2.19. The Hall–Kier alpha value is -3.62. The molecule has 1 aromatic carbocycles. The molecule has 2 amide bonds. The summed E-state index contributed by atoms with van der Waals surface area (Å²) in [7, 11) is 1.60. The van der Waals surface area contributed by atoms with Gasteiger partial charge >= 0.3 is 6.03 Å². The van der Waals surface area contributed by atoms with E-state index in [1.54, 1.807) is 30.6 Å². The number of piperazine rings is 1. The van der Waals surface area contributed by atoms with Gasteiger partial charge in [-0.25, -0.2) is 19.7 Å². The molecule has 9 nitrogen and oxygen atoms in total. The number of urea groups is 1. The second kappa shape index (κ2) is 8.17. The zero-order valence-electron chi connectivity index (χ0n) is 16.4. The topological polar surface area (TPSA) is 88.4 Å². The summed E-state index contributed by atoms with van der Waals surface area (Å²) in [5, 5.41) is 2.93. The van der Waals surface area contributed by atoms with Crippen LogP contribution in [0.5, 0.6) is 5.75 Å². The van der Waals surface area contributed by atoms with Gasteiger partial charge in [-0.1, -0.05) is 6.07 Å². The average Bonchev–Trinajstić information content (AvgIpc) is 3.20. The first-order valence-electron chi connectivity index (χ1n) is 9.41. The van der Waals surface area contributed by atoms with Crippen LogP contribution in [-0.4, -0.2) is 63.7 Å². The number of hydrogen-bond donors (Lipinski definition) is 1. The molecule has 0 spiro atoms. The molecule has 1 aliphatic rings.